The standard InChI is InChI=1S/C18H15FN2/c1-12(11-20)18-13(2)21(15-9-7-14(19)8-10-15)17-6-4-3-5-16(17)18/h3-10,12H,1-2H3. The molecule has 0 bridgehead atoms. The van der Waals surface area contributed by atoms with E-state index < -0.39 is 0 Å². The van der Waals surface area contributed by atoms with E-state index in [0.29, 0.717) is 0 Å². The molecule has 0 saturated carbocycles. The van der Waals surface area contributed by atoms with E-state index in [0.717, 1.165) is 27.8 Å². The van der Waals surface area contributed by atoms with Gasteiger partial charge in [0.2, 0.25) is 0 Å². The molecule has 1 atom stereocenters. The van der Waals surface area contributed by atoms with Gasteiger partial charge in [-0.2, -0.15) is 5.26 Å². The van der Waals surface area contributed by atoms with Gasteiger partial charge >= 0.3 is 0 Å². The first-order valence-corrected chi connectivity index (χ1v) is 6.89. The summed E-state index contributed by atoms with van der Waals surface area (Å²) >= 11 is 0. The summed E-state index contributed by atoms with van der Waals surface area (Å²) < 4.78 is 15.2. The van der Waals surface area contributed by atoms with Gasteiger partial charge in [0.1, 0.15) is 5.82 Å². The summed E-state index contributed by atoms with van der Waals surface area (Å²) in [5.74, 6) is -0.435. The SMILES string of the molecule is Cc1c(C(C)C#N)c2ccccc2n1-c1ccc(F)cc1. The van der Waals surface area contributed by atoms with Gasteiger partial charge in [-0.05, 0) is 49.7 Å². The molecule has 104 valence electrons. The van der Waals surface area contributed by atoms with Crippen molar-refractivity contribution in [3.8, 4) is 11.8 Å². The van der Waals surface area contributed by atoms with Gasteiger partial charge in [0, 0.05) is 16.8 Å². The predicted molar refractivity (Wildman–Crippen MR) is 82.0 cm³/mol. The van der Waals surface area contributed by atoms with Gasteiger partial charge in [0.25, 0.3) is 0 Å². The molecule has 2 aromatic carbocycles. The van der Waals surface area contributed by atoms with Gasteiger partial charge in [-0.1, -0.05) is 18.2 Å². The molecule has 2 nitrogen and oxygen atoms in total. The highest BCUT2D eigenvalue weighted by Gasteiger charge is 2.19. The second kappa shape index (κ2) is 5.06. The third kappa shape index (κ3) is 2.09. The Hall–Kier alpha value is -2.60. The van der Waals surface area contributed by atoms with Crippen molar-refractivity contribution >= 4 is 10.9 Å². The molecular weight excluding hydrogens is 263 g/mol. The summed E-state index contributed by atoms with van der Waals surface area (Å²) in [5, 5.41) is 10.4. The minimum atomic E-state index is -0.251. The van der Waals surface area contributed by atoms with Crippen molar-refractivity contribution in [2.45, 2.75) is 19.8 Å². The van der Waals surface area contributed by atoms with Crippen LogP contribution in [0, 0.1) is 24.1 Å². The van der Waals surface area contributed by atoms with Crippen LogP contribution in [0.15, 0.2) is 48.5 Å². The maximum absolute atomic E-state index is 13.2. The first kappa shape index (κ1) is 13.4. The van der Waals surface area contributed by atoms with Crippen LogP contribution in [-0.2, 0) is 0 Å². The van der Waals surface area contributed by atoms with Crippen molar-refractivity contribution in [2.24, 2.45) is 0 Å². The minimum Gasteiger partial charge on any atom is -0.314 e. The number of hydrogen-bond donors (Lipinski definition) is 0. The Labute approximate surface area is 123 Å². The molecule has 0 saturated heterocycles. The minimum absolute atomic E-state index is 0.184. The molecule has 3 rings (SSSR count). The lowest BCUT2D eigenvalue weighted by molar-refractivity contribution is 0.627. The fourth-order valence-electron chi connectivity index (χ4n) is 2.93. The number of nitrogens with zero attached hydrogens (tertiary/aromatic N) is 2. The second-order valence-electron chi connectivity index (χ2n) is 5.18. The Bertz CT molecular complexity index is 838. The van der Waals surface area contributed by atoms with Crippen molar-refractivity contribution in [1.29, 1.82) is 5.26 Å². The number of hydrogen-bond acceptors (Lipinski definition) is 1. The molecule has 0 aliphatic heterocycles. The number of benzene rings is 2. The largest absolute Gasteiger partial charge is 0.314 e. The van der Waals surface area contributed by atoms with E-state index in [2.05, 4.69) is 10.6 Å². The molecular formula is C18H15FN2. The smallest absolute Gasteiger partial charge is 0.123 e. The number of aromatic nitrogens is 1. The van der Waals surface area contributed by atoms with Crippen molar-refractivity contribution in [3.05, 3.63) is 65.6 Å². The lowest BCUT2D eigenvalue weighted by Gasteiger charge is -2.09. The third-order valence-electron chi connectivity index (χ3n) is 3.87. The van der Waals surface area contributed by atoms with Crippen LogP contribution < -0.4 is 0 Å². The molecule has 0 N–H and O–H groups in total. The molecule has 1 aromatic heterocycles. The van der Waals surface area contributed by atoms with Crippen LogP contribution in [0.4, 0.5) is 4.39 Å². The van der Waals surface area contributed by atoms with E-state index in [1.54, 1.807) is 12.1 Å². The fraction of sp³-hybridized carbons (Fsp3) is 0.167. The Balaban J connectivity index is 2.36. The van der Waals surface area contributed by atoms with Crippen LogP contribution in [0.1, 0.15) is 24.1 Å². The van der Waals surface area contributed by atoms with Gasteiger partial charge < -0.3 is 4.57 Å². The van der Waals surface area contributed by atoms with Gasteiger partial charge in [-0.25, -0.2) is 4.39 Å². The Morgan fingerprint density at radius 2 is 1.76 bits per heavy atom. The van der Waals surface area contributed by atoms with E-state index >= 15 is 0 Å². The summed E-state index contributed by atoms with van der Waals surface area (Å²) in [6.07, 6.45) is 0. The molecule has 0 radical (unpaired) electrons. The molecule has 1 heterocycles. The van der Waals surface area contributed by atoms with Gasteiger partial charge in [-0.15, -0.1) is 0 Å². The number of halogens is 1. The highest BCUT2D eigenvalue weighted by atomic mass is 19.1. The average molecular weight is 278 g/mol. The van der Waals surface area contributed by atoms with Crippen LogP contribution in [0.3, 0.4) is 0 Å². The van der Waals surface area contributed by atoms with Crippen molar-refractivity contribution in [3.63, 3.8) is 0 Å². The van der Waals surface area contributed by atoms with Gasteiger partial charge in [0.15, 0.2) is 0 Å². The van der Waals surface area contributed by atoms with Gasteiger partial charge in [-0.3, -0.25) is 0 Å². The quantitative estimate of drug-likeness (QED) is 0.667. The normalized spacial score (nSPS) is 12.3. The molecule has 1 unspecified atom stereocenters. The molecule has 0 aliphatic rings. The van der Waals surface area contributed by atoms with E-state index in [9.17, 15) is 9.65 Å². The molecule has 3 heteroatoms. The predicted octanol–water partition coefficient (Wildman–Crippen LogP) is 4.71. The first-order valence-electron chi connectivity index (χ1n) is 6.89. The molecule has 3 aromatic rings. The fourth-order valence-corrected chi connectivity index (χ4v) is 2.93. The highest BCUT2D eigenvalue weighted by molar-refractivity contribution is 5.88. The molecule has 21 heavy (non-hydrogen) atoms. The number of nitriles is 1. The lowest BCUT2D eigenvalue weighted by Crippen LogP contribution is -1.99. The molecule has 0 spiro atoms. The molecule has 0 aliphatic carbocycles. The second-order valence-corrected chi connectivity index (χ2v) is 5.18. The summed E-state index contributed by atoms with van der Waals surface area (Å²) in [5.41, 5.74) is 4.01. The van der Waals surface area contributed by atoms with E-state index in [1.807, 2.05) is 38.1 Å². The Morgan fingerprint density at radius 3 is 2.43 bits per heavy atom. The van der Waals surface area contributed by atoms with E-state index in [-0.39, 0.29) is 11.7 Å². The highest BCUT2D eigenvalue weighted by Crippen LogP contribution is 2.33. The zero-order valence-electron chi connectivity index (χ0n) is 12.0. The number of fused-ring (bicyclic) bond motifs is 1. The van der Waals surface area contributed by atoms with Crippen LogP contribution in [0.25, 0.3) is 16.6 Å². The Kier molecular flexibility index (Phi) is 3.23. The number of rotatable bonds is 2. The first-order chi connectivity index (χ1) is 10.1. The van der Waals surface area contributed by atoms with E-state index in [4.69, 9.17) is 0 Å². The van der Waals surface area contributed by atoms with Crippen molar-refractivity contribution < 1.29 is 4.39 Å². The molecule has 0 amide bonds. The summed E-state index contributed by atoms with van der Waals surface area (Å²) in [6, 6.07) is 16.8. The third-order valence-corrected chi connectivity index (χ3v) is 3.87. The number of para-hydroxylation sites is 1. The topological polar surface area (TPSA) is 28.7 Å². The summed E-state index contributed by atoms with van der Waals surface area (Å²) in [4.78, 5) is 0. The summed E-state index contributed by atoms with van der Waals surface area (Å²) in [7, 11) is 0. The van der Waals surface area contributed by atoms with Crippen LogP contribution in [0.2, 0.25) is 0 Å². The average Bonchev–Trinajstić information content (AvgIpc) is 2.80. The maximum atomic E-state index is 13.2. The Morgan fingerprint density at radius 1 is 1.10 bits per heavy atom. The molecule has 0 fully saturated rings. The van der Waals surface area contributed by atoms with Crippen LogP contribution in [-0.4, -0.2) is 4.57 Å². The van der Waals surface area contributed by atoms with Crippen molar-refractivity contribution in [2.75, 3.05) is 0 Å². The van der Waals surface area contributed by atoms with Crippen LogP contribution >= 0.6 is 0 Å². The van der Waals surface area contributed by atoms with Crippen molar-refractivity contribution in [1.82, 2.24) is 4.57 Å². The maximum Gasteiger partial charge on any atom is 0.123 e. The van der Waals surface area contributed by atoms with Crippen LogP contribution in [0.5, 0.6) is 0 Å². The monoisotopic (exact) mass is 278 g/mol. The van der Waals surface area contributed by atoms with E-state index in [1.165, 1.54) is 12.1 Å². The summed E-state index contributed by atoms with van der Waals surface area (Å²) in [6.45, 7) is 3.91. The zero-order valence-corrected chi connectivity index (χ0v) is 12.0. The van der Waals surface area contributed by atoms with Gasteiger partial charge in [0.05, 0.1) is 17.5 Å². The lowest BCUT2D eigenvalue weighted by atomic mass is 9.99. The zero-order chi connectivity index (χ0) is 15.0.